The Kier molecular flexibility index (Phi) is 3.49. The first-order valence-electron chi connectivity index (χ1n) is 5.04. The number of H-pyrrole nitrogens is 1. The molecule has 0 radical (unpaired) electrons. The Morgan fingerprint density at radius 1 is 1.35 bits per heavy atom. The fourth-order valence-electron chi connectivity index (χ4n) is 1.76. The Bertz CT molecular complexity index is 606. The van der Waals surface area contributed by atoms with Crippen LogP contribution in [-0.2, 0) is 11.3 Å². The molecule has 2 rings (SSSR count). The standard InChI is InChI=1S/C12H12BrNO3/c1-16-6-7-5-9(15)11-10(17-2)4-3-8(13)12(11)14-7/h3-5H,6H2,1-2H3,(H,14,15). The first-order valence-corrected chi connectivity index (χ1v) is 5.84. The number of methoxy groups -OCH3 is 2. The topological polar surface area (TPSA) is 51.3 Å². The van der Waals surface area contributed by atoms with Crippen molar-refractivity contribution in [3.8, 4) is 5.75 Å². The summed E-state index contributed by atoms with van der Waals surface area (Å²) in [6, 6.07) is 5.13. The zero-order valence-electron chi connectivity index (χ0n) is 9.54. The lowest BCUT2D eigenvalue weighted by molar-refractivity contribution is 0.181. The highest BCUT2D eigenvalue weighted by Crippen LogP contribution is 2.27. The lowest BCUT2D eigenvalue weighted by atomic mass is 10.1. The molecular weight excluding hydrogens is 286 g/mol. The Morgan fingerprint density at radius 2 is 2.12 bits per heavy atom. The fraction of sp³-hybridized carbons (Fsp3) is 0.250. The monoisotopic (exact) mass is 297 g/mol. The molecule has 0 saturated heterocycles. The van der Waals surface area contributed by atoms with E-state index in [1.807, 2.05) is 6.07 Å². The Balaban J connectivity index is 2.79. The molecule has 0 spiro atoms. The summed E-state index contributed by atoms with van der Waals surface area (Å²) in [4.78, 5) is 15.2. The summed E-state index contributed by atoms with van der Waals surface area (Å²) in [7, 11) is 3.13. The highest BCUT2D eigenvalue weighted by molar-refractivity contribution is 9.10. The van der Waals surface area contributed by atoms with Crippen LogP contribution in [0.2, 0.25) is 0 Å². The molecule has 17 heavy (non-hydrogen) atoms. The van der Waals surface area contributed by atoms with Gasteiger partial charge in [-0.25, -0.2) is 0 Å². The minimum absolute atomic E-state index is 0.0797. The number of hydrogen-bond donors (Lipinski definition) is 1. The highest BCUT2D eigenvalue weighted by atomic mass is 79.9. The maximum atomic E-state index is 12.0. The zero-order valence-corrected chi connectivity index (χ0v) is 11.1. The van der Waals surface area contributed by atoms with Gasteiger partial charge in [-0.2, -0.15) is 0 Å². The lowest BCUT2D eigenvalue weighted by Crippen LogP contribution is -2.07. The first-order chi connectivity index (χ1) is 8.17. The van der Waals surface area contributed by atoms with E-state index in [1.54, 1.807) is 20.3 Å². The minimum Gasteiger partial charge on any atom is -0.496 e. The van der Waals surface area contributed by atoms with E-state index in [2.05, 4.69) is 20.9 Å². The number of pyridine rings is 1. The predicted molar refractivity (Wildman–Crippen MR) is 69.5 cm³/mol. The van der Waals surface area contributed by atoms with Crippen molar-refractivity contribution in [2.75, 3.05) is 14.2 Å². The van der Waals surface area contributed by atoms with Gasteiger partial charge in [-0.05, 0) is 28.1 Å². The summed E-state index contributed by atoms with van der Waals surface area (Å²) in [5.74, 6) is 0.563. The molecule has 1 aromatic carbocycles. The second-order valence-electron chi connectivity index (χ2n) is 3.59. The van der Waals surface area contributed by atoms with Gasteiger partial charge in [0, 0.05) is 23.3 Å². The van der Waals surface area contributed by atoms with Crippen molar-refractivity contribution in [3.05, 3.63) is 38.6 Å². The van der Waals surface area contributed by atoms with E-state index in [0.29, 0.717) is 17.7 Å². The number of halogens is 1. The second kappa shape index (κ2) is 4.89. The third-order valence-electron chi connectivity index (χ3n) is 2.47. The maximum absolute atomic E-state index is 12.0. The maximum Gasteiger partial charge on any atom is 0.193 e. The molecule has 0 atom stereocenters. The summed E-state index contributed by atoms with van der Waals surface area (Å²) >= 11 is 3.41. The number of ether oxygens (including phenoxy) is 2. The smallest absolute Gasteiger partial charge is 0.193 e. The molecule has 0 aliphatic heterocycles. The van der Waals surface area contributed by atoms with Crippen molar-refractivity contribution >= 4 is 26.8 Å². The van der Waals surface area contributed by atoms with E-state index < -0.39 is 0 Å². The van der Waals surface area contributed by atoms with Crippen LogP contribution in [0.4, 0.5) is 0 Å². The number of benzene rings is 1. The van der Waals surface area contributed by atoms with Crippen LogP contribution in [0.25, 0.3) is 10.9 Å². The van der Waals surface area contributed by atoms with E-state index in [0.717, 1.165) is 15.7 Å². The van der Waals surface area contributed by atoms with E-state index in [9.17, 15) is 4.79 Å². The van der Waals surface area contributed by atoms with E-state index in [1.165, 1.54) is 6.07 Å². The molecule has 1 N–H and O–H groups in total. The molecule has 1 heterocycles. The third-order valence-corrected chi connectivity index (χ3v) is 3.13. The SMILES string of the molecule is COCc1cc(=O)c2c(OC)ccc(Br)c2[nH]1. The Hall–Kier alpha value is -1.33. The van der Waals surface area contributed by atoms with Crippen LogP contribution in [0.1, 0.15) is 5.69 Å². The molecule has 0 saturated carbocycles. The van der Waals surface area contributed by atoms with Crippen molar-refractivity contribution < 1.29 is 9.47 Å². The van der Waals surface area contributed by atoms with E-state index in [-0.39, 0.29) is 5.43 Å². The van der Waals surface area contributed by atoms with Gasteiger partial charge in [0.2, 0.25) is 0 Å². The van der Waals surface area contributed by atoms with Crippen LogP contribution in [0.15, 0.2) is 27.5 Å². The molecule has 90 valence electrons. The number of aromatic amines is 1. The van der Waals surface area contributed by atoms with Gasteiger partial charge in [-0.15, -0.1) is 0 Å². The summed E-state index contributed by atoms with van der Waals surface area (Å²) < 4.78 is 11.0. The van der Waals surface area contributed by atoms with Crippen molar-refractivity contribution in [2.24, 2.45) is 0 Å². The molecule has 5 heteroatoms. The molecular formula is C12H12BrNO3. The zero-order chi connectivity index (χ0) is 12.4. The van der Waals surface area contributed by atoms with Gasteiger partial charge in [0.05, 0.1) is 24.6 Å². The number of rotatable bonds is 3. The molecule has 0 fully saturated rings. The predicted octanol–water partition coefficient (Wildman–Crippen LogP) is 2.45. The van der Waals surface area contributed by atoms with Crippen LogP contribution >= 0.6 is 15.9 Å². The molecule has 4 nitrogen and oxygen atoms in total. The average molecular weight is 298 g/mol. The molecule has 2 aromatic rings. The molecule has 0 bridgehead atoms. The molecule has 0 aliphatic carbocycles. The van der Waals surface area contributed by atoms with Crippen LogP contribution in [0, 0.1) is 0 Å². The lowest BCUT2D eigenvalue weighted by Gasteiger charge is -2.08. The largest absolute Gasteiger partial charge is 0.496 e. The summed E-state index contributed by atoms with van der Waals surface area (Å²) in [6.07, 6.45) is 0. The Labute approximate surface area is 107 Å². The van der Waals surface area contributed by atoms with Crippen LogP contribution in [-0.4, -0.2) is 19.2 Å². The molecule has 0 unspecified atom stereocenters. The number of aromatic nitrogens is 1. The second-order valence-corrected chi connectivity index (χ2v) is 4.45. The van der Waals surface area contributed by atoms with Crippen molar-refractivity contribution in [3.63, 3.8) is 0 Å². The van der Waals surface area contributed by atoms with Gasteiger partial charge >= 0.3 is 0 Å². The van der Waals surface area contributed by atoms with Gasteiger partial charge in [-0.1, -0.05) is 0 Å². The van der Waals surface area contributed by atoms with E-state index in [4.69, 9.17) is 9.47 Å². The third kappa shape index (κ3) is 2.21. The highest BCUT2D eigenvalue weighted by Gasteiger charge is 2.10. The summed E-state index contributed by atoms with van der Waals surface area (Å²) in [5.41, 5.74) is 1.38. The minimum atomic E-state index is -0.0797. The number of nitrogens with one attached hydrogen (secondary N) is 1. The van der Waals surface area contributed by atoms with E-state index >= 15 is 0 Å². The van der Waals surface area contributed by atoms with Crippen LogP contribution in [0.5, 0.6) is 5.75 Å². The summed E-state index contributed by atoms with van der Waals surface area (Å²) in [6.45, 7) is 0.370. The van der Waals surface area contributed by atoms with Crippen molar-refractivity contribution in [2.45, 2.75) is 6.61 Å². The average Bonchev–Trinajstić information content (AvgIpc) is 2.31. The number of hydrogen-bond acceptors (Lipinski definition) is 3. The van der Waals surface area contributed by atoms with Gasteiger partial charge < -0.3 is 14.5 Å². The first kappa shape index (κ1) is 12.1. The fourth-order valence-corrected chi connectivity index (χ4v) is 2.18. The quantitative estimate of drug-likeness (QED) is 0.947. The van der Waals surface area contributed by atoms with Gasteiger partial charge in [-0.3, -0.25) is 4.79 Å². The van der Waals surface area contributed by atoms with Gasteiger partial charge in [0.1, 0.15) is 5.75 Å². The normalized spacial score (nSPS) is 10.8. The Morgan fingerprint density at radius 3 is 2.76 bits per heavy atom. The van der Waals surface area contributed by atoms with Crippen LogP contribution in [0.3, 0.4) is 0 Å². The van der Waals surface area contributed by atoms with Gasteiger partial charge in [0.25, 0.3) is 0 Å². The van der Waals surface area contributed by atoms with Crippen molar-refractivity contribution in [1.29, 1.82) is 0 Å². The number of fused-ring (bicyclic) bond motifs is 1. The molecule has 1 aromatic heterocycles. The molecule has 0 aliphatic rings. The summed E-state index contributed by atoms with van der Waals surface area (Å²) in [5, 5.41) is 0.543. The van der Waals surface area contributed by atoms with Crippen molar-refractivity contribution in [1.82, 2.24) is 4.98 Å². The van der Waals surface area contributed by atoms with Gasteiger partial charge in [0.15, 0.2) is 5.43 Å². The van der Waals surface area contributed by atoms with Crippen LogP contribution < -0.4 is 10.2 Å². The molecule has 0 amide bonds.